The van der Waals surface area contributed by atoms with E-state index in [1.807, 2.05) is 0 Å². The third-order valence-corrected chi connectivity index (χ3v) is 2.38. The number of carbonyl (C=O) groups excluding carboxylic acids is 1. The second-order valence-electron chi connectivity index (χ2n) is 3.98. The highest BCUT2D eigenvalue weighted by Crippen LogP contribution is 2.26. The minimum Gasteiger partial charge on any atom is -0.504 e. The minimum atomic E-state index is -1.91. The van der Waals surface area contributed by atoms with Crippen molar-refractivity contribution >= 4 is 12.0 Å². The predicted molar refractivity (Wildman–Crippen MR) is 74.6 cm³/mol. The van der Waals surface area contributed by atoms with Crippen molar-refractivity contribution in [3.63, 3.8) is 0 Å². The van der Waals surface area contributed by atoms with Gasteiger partial charge in [0.1, 0.15) is 0 Å². The Morgan fingerprint density at radius 3 is 2.62 bits per heavy atom. The number of phenolic OH excluding ortho intramolecular Hbond substituents is 1. The summed E-state index contributed by atoms with van der Waals surface area (Å²) in [7, 11) is 1.34. The van der Waals surface area contributed by atoms with Crippen LogP contribution in [0, 0.1) is 20.2 Å². The van der Waals surface area contributed by atoms with Gasteiger partial charge in [-0.05, 0) is 23.8 Å². The number of methoxy groups -OCH3 is 1. The molecule has 0 spiro atoms. The molecule has 12 heteroatoms. The number of nitrogens with zero attached hydrogens (tertiary/aromatic N) is 2. The van der Waals surface area contributed by atoms with E-state index in [4.69, 9.17) is 4.74 Å². The smallest absolute Gasteiger partial charge is 0.332 e. The number of esters is 1. The van der Waals surface area contributed by atoms with Crippen molar-refractivity contribution in [2.24, 2.45) is 0 Å². The van der Waals surface area contributed by atoms with Crippen molar-refractivity contribution in [3.8, 4) is 11.5 Å². The third kappa shape index (κ3) is 6.46. The zero-order valence-electron chi connectivity index (χ0n) is 12.2. The molecular formula is C12H12N2O10. The van der Waals surface area contributed by atoms with Gasteiger partial charge in [0.2, 0.25) is 0 Å². The second-order valence-corrected chi connectivity index (χ2v) is 3.98. The quantitative estimate of drug-likeness (QED) is 0.222. The molecule has 0 radical (unpaired) electrons. The zero-order chi connectivity index (χ0) is 18.1. The molecule has 1 N–H and O–H groups in total. The number of hydrogen-bond donors (Lipinski definition) is 1. The maximum absolute atomic E-state index is 11.6. The van der Waals surface area contributed by atoms with Crippen molar-refractivity contribution < 1.29 is 39.2 Å². The van der Waals surface area contributed by atoms with E-state index in [2.05, 4.69) is 14.4 Å². The monoisotopic (exact) mass is 344 g/mol. The average molecular weight is 344 g/mol. The van der Waals surface area contributed by atoms with Crippen LogP contribution in [-0.2, 0) is 19.2 Å². The molecule has 0 saturated heterocycles. The van der Waals surface area contributed by atoms with Crippen LogP contribution >= 0.6 is 0 Å². The summed E-state index contributed by atoms with van der Waals surface area (Å²) in [5.41, 5.74) is 0.454. The van der Waals surface area contributed by atoms with Gasteiger partial charge >= 0.3 is 5.97 Å². The normalized spacial score (nSPS) is 11.5. The molecule has 0 aliphatic rings. The topological polar surface area (TPSA) is 160 Å². The fourth-order valence-corrected chi connectivity index (χ4v) is 1.43. The van der Waals surface area contributed by atoms with Crippen LogP contribution < -0.4 is 4.74 Å². The standard InChI is InChI=1S/C12H12N2O10/c1-21-10-6-8(2-4-9(10)15)3-5-11(16)23-12(24-14(19)20)7-22-13(17)18/h2-6,12,15H,7H2,1H3/b5-3+. The van der Waals surface area contributed by atoms with Crippen molar-refractivity contribution in [2.75, 3.05) is 13.7 Å². The van der Waals surface area contributed by atoms with Crippen LogP contribution in [0.4, 0.5) is 0 Å². The van der Waals surface area contributed by atoms with E-state index in [9.17, 15) is 30.1 Å². The molecule has 1 rings (SSSR count). The fourth-order valence-electron chi connectivity index (χ4n) is 1.43. The summed E-state index contributed by atoms with van der Waals surface area (Å²) in [6.07, 6.45) is 0.257. The molecule has 0 heterocycles. The van der Waals surface area contributed by atoms with Gasteiger partial charge in [-0.15, -0.1) is 20.2 Å². The Morgan fingerprint density at radius 1 is 1.33 bits per heavy atom. The van der Waals surface area contributed by atoms with Crippen LogP contribution in [0.3, 0.4) is 0 Å². The molecule has 130 valence electrons. The van der Waals surface area contributed by atoms with Crippen molar-refractivity contribution in [1.29, 1.82) is 0 Å². The predicted octanol–water partition coefficient (Wildman–Crippen LogP) is 0.700. The molecule has 0 bridgehead atoms. The lowest BCUT2D eigenvalue weighted by atomic mass is 10.2. The van der Waals surface area contributed by atoms with E-state index in [1.54, 1.807) is 0 Å². The molecule has 0 fully saturated rings. The Kier molecular flexibility index (Phi) is 6.75. The SMILES string of the molecule is COc1cc(/C=C/C(=O)OC(CO[N+](=O)[O-])O[N+](=O)[O-])ccc1O. The van der Waals surface area contributed by atoms with Crippen LogP contribution in [0.15, 0.2) is 24.3 Å². The Balaban J connectivity index is 2.69. The first-order chi connectivity index (χ1) is 11.3. The number of carbonyl (C=O) groups is 1. The van der Waals surface area contributed by atoms with Crippen LogP contribution in [0.1, 0.15) is 5.56 Å². The van der Waals surface area contributed by atoms with E-state index >= 15 is 0 Å². The molecule has 0 aliphatic carbocycles. The molecule has 0 aliphatic heterocycles. The molecule has 1 aromatic rings. The van der Waals surface area contributed by atoms with E-state index in [0.29, 0.717) is 5.56 Å². The molecule has 1 aromatic carbocycles. The van der Waals surface area contributed by atoms with Gasteiger partial charge in [0, 0.05) is 6.08 Å². The largest absolute Gasteiger partial charge is 0.504 e. The zero-order valence-corrected chi connectivity index (χ0v) is 12.2. The number of aromatic hydroxyl groups is 1. The molecule has 1 unspecified atom stereocenters. The van der Waals surface area contributed by atoms with Crippen LogP contribution in [0.5, 0.6) is 11.5 Å². The van der Waals surface area contributed by atoms with Crippen molar-refractivity contribution in [1.82, 2.24) is 0 Å². The Labute approximate surface area is 134 Å². The molecule has 1 atom stereocenters. The molecule has 0 saturated carbocycles. The summed E-state index contributed by atoms with van der Waals surface area (Å²) in [6.45, 7) is -0.972. The van der Waals surface area contributed by atoms with Crippen LogP contribution in [-0.4, -0.2) is 41.3 Å². The number of ether oxygens (including phenoxy) is 2. The lowest BCUT2D eigenvalue weighted by Gasteiger charge is -2.13. The molecular weight excluding hydrogens is 332 g/mol. The van der Waals surface area contributed by atoms with Gasteiger partial charge < -0.3 is 19.4 Å². The average Bonchev–Trinajstić information content (AvgIpc) is 2.51. The van der Waals surface area contributed by atoms with Gasteiger partial charge in [-0.3, -0.25) is 4.84 Å². The number of phenols is 1. The van der Waals surface area contributed by atoms with Gasteiger partial charge in [0.05, 0.1) is 7.11 Å². The highest BCUT2D eigenvalue weighted by Gasteiger charge is 2.19. The summed E-state index contributed by atoms with van der Waals surface area (Å²) >= 11 is 0. The van der Waals surface area contributed by atoms with E-state index in [-0.39, 0.29) is 11.5 Å². The van der Waals surface area contributed by atoms with Crippen molar-refractivity contribution in [2.45, 2.75) is 6.29 Å². The lowest BCUT2D eigenvalue weighted by Crippen LogP contribution is -2.29. The maximum atomic E-state index is 11.6. The minimum absolute atomic E-state index is 0.103. The molecule has 0 aromatic heterocycles. The summed E-state index contributed by atoms with van der Waals surface area (Å²) in [4.78, 5) is 39.6. The Hall–Kier alpha value is -3.57. The van der Waals surface area contributed by atoms with Crippen molar-refractivity contribution in [3.05, 3.63) is 50.1 Å². The van der Waals surface area contributed by atoms with E-state index in [0.717, 1.165) is 6.08 Å². The summed E-state index contributed by atoms with van der Waals surface area (Å²) in [6, 6.07) is 4.20. The Morgan fingerprint density at radius 2 is 2.04 bits per heavy atom. The number of hydrogen-bond acceptors (Lipinski definition) is 10. The highest BCUT2D eigenvalue weighted by atomic mass is 17.0. The van der Waals surface area contributed by atoms with Crippen LogP contribution in [0.2, 0.25) is 0 Å². The number of benzene rings is 1. The first-order valence-corrected chi connectivity index (χ1v) is 6.16. The fraction of sp³-hybridized carbons (Fsp3) is 0.250. The third-order valence-electron chi connectivity index (χ3n) is 2.38. The highest BCUT2D eigenvalue weighted by molar-refractivity contribution is 5.87. The lowest BCUT2D eigenvalue weighted by molar-refractivity contribution is -0.799. The maximum Gasteiger partial charge on any atom is 0.332 e. The summed E-state index contributed by atoms with van der Waals surface area (Å²) in [5.74, 6) is -1.01. The number of rotatable bonds is 9. The van der Waals surface area contributed by atoms with Gasteiger partial charge in [0.15, 0.2) is 18.1 Å². The van der Waals surface area contributed by atoms with E-state index < -0.39 is 29.0 Å². The molecule has 12 nitrogen and oxygen atoms in total. The first kappa shape index (κ1) is 18.5. The van der Waals surface area contributed by atoms with Gasteiger partial charge in [0.25, 0.3) is 16.5 Å². The first-order valence-electron chi connectivity index (χ1n) is 6.16. The van der Waals surface area contributed by atoms with E-state index in [1.165, 1.54) is 31.4 Å². The van der Waals surface area contributed by atoms with Crippen LogP contribution in [0.25, 0.3) is 6.08 Å². The summed E-state index contributed by atoms with van der Waals surface area (Å²) in [5, 5.41) is 27.2. The molecule has 24 heavy (non-hydrogen) atoms. The van der Waals surface area contributed by atoms with Gasteiger partial charge in [-0.25, -0.2) is 4.79 Å². The Bertz CT molecular complexity index is 645. The van der Waals surface area contributed by atoms with Gasteiger partial charge in [-0.1, -0.05) is 6.07 Å². The molecule has 0 amide bonds. The summed E-state index contributed by atoms with van der Waals surface area (Å²) < 4.78 is 9.39. The second kappa shape index (κ2) is 8.77. The van der Waals surface area contributed by atoms with Gasteiger partial charge in [-0.2, -0.15) is 0 Å².